The molecule has 2 rings (SSSR count). The van der Waals surface area contributed by atoms with Gasteiger partial charge < -0.3 is 10.0 Å². The molecule has 0 unspecified atom stereocenters. The van der Waals surface area contributed by atoms with Gasteiger partial charge in [0, 0.05) is 12.6 Å². The summed E-state index contributed by atoms with van der Waals surface area (Å²) in [6.45, 7) is 5.00. The van der Waals surface area contributed by atoms with Crippen molar-refractivity contribution in [3.05, 3.63) is 29.6 Å². The SMILES string of the molecule is CC(C)N(CC1CC1)c1ccc(CO)cc1F. The summed E-state index contributed by atoms with van der Waals surface area (Å²) >= 11 is 0. The molecule has 94 valence electrons. The van der Waals surface area contributed by atoms with Crippen molar-refractivity contribution >= 4 is 5.69 Å². The van der Waals surface area contributed by atoms with Crippen molar-refractivity contribution in [3.63, 3.8) is 0 Å². The number of aliphatic hydroxyl groups excluding tert-OH is 1. The Hall–Kier alpha value is -1.09. The predicted octanol–water partition coefficient (Wildman–Crippen LogP) is 2.94. The molecule has 1 aliphatic rings. The third-order valence-electron chi connectivity index (χ3n) is 3.28. The molecule has 0 heterocycles. The second-order valence-corrected chi connectivity index (χ2v) is 5.13. The lowest BCUT2D eigenvalue weighted by Crippen LogP contribution is -2.33. The standard InChI is InChI=1S/C14H20FNO/c1-10(2)16(8-11-3-4-11)14-6-5-12(9-17)7-13(14)15/h5-7,10-11,17H,3-4,8-9H2,1-2H3. The van der Waals surface area contributed by atoms with Crippen molar-refractivity contribution in [2.45, 2.75) is 39.3 Å². The number of hydrogen-bond donors (Lipinski definition) is 1. The molecule has 0 bridgehead atoms. The normalized spacial score (nSPS) is 15.4. The highest BCUT2D eigenvalue weighted by molar-refractivity contribution is 5.50. The average Bonchev–Trinajstić information content (AvgIpc) is 3.10. The molecule has 0 amide bonds. The maximum atomic E-state index is 14.0. The van der Waals surface area contributed by atoms with Gasteiger partial charge in [-0.1, -0.05) is 6.07 Å². The van der Waals surface area contributed by atoms with Crippen LogP contribution in [0.3, 0.4) is 0 Å². The highest BCUT2D eigenvalue weighted by Gasteiger charge is 2.26. The first kappa shape index (κ1) is 12.4. The van der Waals surface area contributed by atoms with E-state index in [1.165, 1.54) is 18.9 Å². The summed E-state index contributed by atoms with van der Waals surface area (Å²) in [7, 11) is 0. The molecule has 3 heteroatoms. The Morgan fingerprint density at radius 1 is 1.41 bits per heavy atom. The quantitative estimate of drug-likeness (QED) is 0.851. The third kappa shape index (κ3) is 2.97. The fraction of sp³-hybridized carbons (Fsp3) is 0.571. The lowest BCUT2D eigenvalue weighted by molar-refractivity contribution is 0.281. The Morgan fingerprint density at radius 2 is 2.12 bits per heavy atom. The summed E-state index contributed by atoms with van der Waals surface area (Å²) in [5, 5.41) is 8.98. The van der Waals surface area contributed by atoms with Gasteiger partial charge >= 0.3 is 0 Å². The Morgan fingerprint density at radius 3 is 2.59 bits per heavy atom. The van der Waals surface area contributed by atoms with Gasteiger partial charge in [0.15, 0.2) is 0 Å². The van der Waals surface area contributed by atoms with Crippen LogP contribution < -0.4 is 4.90 Å². The van der Waals surface area contributed by atoms with E-state index in [9.17, 15) is 4.39 Å². The van der Waals surface area contributed by atoms with Crippen molar-refractivity contribution in [1.82, 2.24) is 0 Å². The van der Waals surface area contributed by atoms with Gasteiger partial charge in [0.05, 0.1) is 12.3 Å². The third-order valence-corrected chi connectivity index (χ3v) is 3.28. The van der Waals surface area contributed by atoms with Gasteiger partial charge in [-0.05, 0) is 50.3 Å². The summed E-state index contributed by atoms with van der Waals surface area (Å²) in [5.41, 5.74) is 1.28. The number of aliphatic hydroxyl groups is 1. The molecular weight excluding hydrogens is 217 g/mol. The highest BCUT2D eigenvalue weighted by Crippen LogP contribution is 2.33. The van der Waals surface area contributed by atoms with Crippen molar-refractivity contribution in [2.24, 2.45) is 5.92 Å². The summed E-state index contributed by atoms with van der Waals surface area (Å²) in [4.78, 5) is 2.12. The van der Waals surface area contributed by atoms with E-state index in [1.54, 1.807) is 12.1 Å². The first-order chi connectivity index (χ1) is 8.11. The molecule has 0 spiro atoms. The molecule has 0 radical (unpaired) electrons. The van der Waals surface area contributed by atoms with E-state index in [2.05, 4.69) is 18.7 Å². The highest BCUT2D eigenvalue weighted by atomic mass is 19.1. The lowest BCUT2D eigenvalue weighted by Gasteiger charge is -2.29. The summed E-state index contributed by atoms with van der Waals surface area (Å²) in [5.74, 6) is 0.500. The molecule has 1 aromatic rings. The lowest BCUT2D eigenvalue weighted by atomic mass is 10.1. The maximum Gasteiger partial charge on any atom is 0.146 e. The minimum absolute atomic E-state index is 0.110. The van der Waals surface area contributed by atoms with Crippen LogP contribution in [-0.2, 0) is 6.61 Å². The maximum absolute atomic E-state index is 14.0. The number of nitrogens with zero attached hydrogens (tertiary/aromatic N) is 1. The van der Waals surface area contributed by atoms with Crippen LogP contribution in [0.25, 0.3) is 0 Å². The molecule has 0 saturated heterocycles. The zero-order valence-corrected chi connectivity index (χ0v) is 10.5. The van der Waals surface area contributed by atoms with Gasteiger partial charge in [0.2, 0.25) is 0 Å². The van der Waals surface area contributed by atoms with Crippen LogP contribution in [0.1, 0.15) is 32.3 Å². The molecule has 0 aliphatic heterocycles. The van der Waals surface area contributed by atoms with Crippen molar-refractivity contribution in [1.29, 1.82) is 0 Å². The van der Waals surface area contributed by atoms with Crippen LogP contribution in [0.15, 0.2) is 18.2 Å². The van der Waals surface area contributed by atoms with E-state index in [-0.39, 0.29) is 12.4 Å². The molecule has 1 saturated carbocycles. The van der Waals surface area contributed by atoms with Crippen LogP contribution in [0.4, 0.5) is 10.1 Å². The second kappa shape index (κ2) is 5.05. The Labute approximate surface area is 102 Å². The predicted molar refractivity (Wildman–Crippen MR) is 67.5 cm³/mol. The zero-order valence-electron chi connectivity index (χ0n) is 10.5. The molecular formula is C14H20FNO. The van der Waals surface area contributed by atoms with Crippen LogP contribution in [-0.4, -0.2) is 17.7 Å². The molecule has 1 N–H and O–H groups in total. The van der Waals surface area contributed by atoms with Crippen LogP contribution in [0, 0.1) is 11.7 Å². The number of benzene rings is 1. The van der Waals surface area contributed by atoms with Crippen molar-refractivity contribution < 1.29 is 9.50 Å². The zero-order chi connectivity index (χ0) is 12.4. The fourth-order valence-corrected chi connectivity index (χ4v) is 2.05. The van der Waals surface area contributed by atoms with Gasteiger partial charge in [-0.3, -0.25) is 0 Å². The first-order valence-corrected chi connectivity index (χ1v) is 6.27. The van der Waals surface area contributed by atoms with Gasteiger partial charge in [-0.25, -0.2) is 4.39 Å². The van der Waals surface area contributed by atoms with E-state index in [0.717, 1.165) is 12.5 Å². The Kier molecular flexibility index (Phi) is 3.67. The average molecular weight is 237 g/mol. The number of anilines is 1. The van der Waals surface area contributed by atoms with E-state index < -0.39 is 0 Å². The molecule has 0 aromatic heterocycles. The van der Waals surface area contributed by atoms with Gasteiger partial charge in [-0.2, -0.15) is 0 Å². The molecule has 1 fully saturated rings. The summed E-state index contributed by atoms with van der Waals surface area (Å²) < 4.78 is 14.0. The van der Waals surface area contributed by atoms with Crippen LogP contribution in [0.5, 0.6) is 0 Å². The number of hydrogen-bond acceptors (Lipinski definition) is 2. The minimum Gasteiger partial charge on any atom is -0.392 e. The number of rotatable bonds is 5. The second-order valence-electron chi connectivity index (χ2n) is 5.13. The monoisotopic (exact) mass is 237 g/mol. The summed E-state index contributed by atoms with van der Waals surface area (Å²) in [6, 6.07) is 5.30. The van der Waals surface area contributed by atoms with E-state index in [1.807, 2.05) is 0 Å². The number of halogens is 1. The van der Waals surface area contributed by atoms with Gasteiger partial charge in [0.25, 0.3) is 0 Å². The van der Waals surface area contributed by atoms with E-state index in [0.29, 0.717) is 17.3 Å². The molecule has 1 aliphatic carbocycles. The fourth-order valence-electron chi connectivity index (χ4n) is 2.05. The molecule has 2 nitrogen and oxygen atoms in total. The largest absolute Gasteiger partial charge is 0.392 e. The van der Waals surface area contributed by atoms with Crippen LogP contribution in [0.2, 0.25) is 0 Å². The first-order valence-electron chi connectivity index (χ1n) is 6.27. The topological polar surface area (TPSA) is 23.5 Å². The van der Waals surface area contributed by atoms with E-state index >= 15 is 0 Å². The Bertz CT molecular complexity index is 388. The summed E-state index contributed by atoms with van der Waals surface area (Å²) in [6.07, 6.45) is 2.53. The smallest absolute Gasteiger partial charge is 0.146 e. The minimum atomic E-state index is -0.231. The van der Waals surface area contributed by atoms with Crippen molar-refractivity contribution in [2.75, 3.05) is 11.4 Å². The molecule has 0 atom stereocenters. The van der Waals surface area contributed by atoms with E-state index in [4.69, 9.17) is 5.11 Å². The van der Waals surface area contributed by atoms with Gasteiger partial charge in [-0.15, -0.1) is 0 Å². The molecule has 1 aromatic carbocycles. The Balaban J connectivity index is 2.21. The van der Waals surface area contributed by atoms with Crippen LogP contribution >= 0.6 is 0 Å². The van der Waals surface area contributed by atoms with Crippen molar-refractivity contribution in [3.8, 4) is 0 Å². The molecule has 17 heavy (non-hydrogen) atoms. The van der Waals surface area contributed by atoms with Gasteiger partial charge in [0.1, 0.15) is 5.82 Å².